The number of aromatic carboxylic acids is 1. The summed E-state index contributed by atoms with van der Waals surface area (Å²) in [6.45, 7) is 0.774. The van der Waals surface area contributed by atoms with Gasteiger partial charge in [-0.1, -0.05) is 6.07 Å². The van der Waals surface area contributed by atoms with Gasteiger partial charge < -0.3 is 10.4 Å². The van der Waals surface area contributed by atoms with Crippen LogP contribution in [0.3, 0.4) is 0 Å². The number of carbonyl (C=O) groups is 2. The molecule has 1 heterocycles. The van der Waals surface area contributed by atoms with Crippen molar-refractivity contribution < 1.29 is 14.7 Å². The molecule has 1 fully saturated rings. The number of thiol groups is 1. The summed E-state index contributed by atoms with van der Waals surface area (Å²) in [4.78, 5) is 24.9. The van der Waals surface area contributed by atoms with Gasteiger partial charge in [0.15, 0.2) is 0 Å². The third kappa shape index (κ3) is 3.27. The fourth-order valence-electron chi connectivity index (χ4n) is 2.23. The number of hydrogen-bond acceptors (Lipinski definition) is 4. The van der Waals surface area contributed by atoms with Crippen molar-refractivity contribution in [3.63, 3.8) is 0 Å². The zero-order chi connectivity index (χ0) is 14.0. The summed E-state index contributed by atoms with van der Waals surface area (Å²) < 4.78 is 0. The molecule has 0 aliphatic carbocycles. The number of amides is 1. The molecule has 0 aromatic heterocycles. The van der Waals surface area contributed by atoms with E-state index >= 15 is 0 Å². The van der Waals surface area contributed by atoms with E-state index in [-0.39, 0.29) is 22.8 Å². The van der Waals surface area contributed by atoms with Crippen LogP contribution in [0.2, 0.25) is 0 Å². The van der Waals surface area contributed by atoms with Gasteiger partial charge in [0.25, 0.3) is 0 Å². The first-order chi connectivity index (χ1) is 8.97. The molecule has 1 amide bonds. The van der Waals surface area contributed by atoms with Gasteiger partial charge in [-0.2, -0.15) is 12.6 Å². The number of nitrogens with one attached hydrogen (secondary N) is 1. The average Bonchev–Trinajstić information content (AvgIpc) is 2.69. The second-order valence-corrected chi connectivity index (χ2v) is 5.45. The molecule has 0 bridgehead atoms. The van der Waals surface area contributed by atoms with E-state index in [4.69, 9.17) is 5.11 Å². The molecular formula is C13H16N2O3S. The maximum atomic E-state index is 12.1. The molecule has 1 aliphatic rings. The Morgan fingerprint density at radius 2 is 2.21 bits per heavy atom. The van der Waals surface area contributed by atoms with Crippen LogP contribution >= 0.6 is 12.6 Å². The van der Waals surface area contributed by atoms with Crippen LogP contribution in [0.4, 0.5) is 5.69 Å². The lowest BCUT2D eigenvalue weighted by molar-refractivity contribution is -0.119. The van der Waals surface area contributed by atoms with Crippen LogP contribution in [-0.2, 0) is 4.79 Å². The average molecular weight is 280 g/mol. The molecule has 1 aromatic carbocycles. The van der Waals surface area contributed by atoms with Gasteiger partial charge in [-0.3, -0.25) is 9.69 Å². The lowest BCUT2D eigenvalue weighted by Crippen LogP contribution is -2.37. The highest BCUT2D eigenvalue weighted by atomic mass is 32.1. The van der Waals surface area contributed by atoms with Gasteiger partial charge in [-0.25, -0.2) is 4.79 Å². The number of likely N-dealkylation sites (N-methyl/N-ethyl adjacent to an activating group) is 1. The highest BCUT2D eigenvalue weighted by Crippen LogP contribution is 2.21. The Morgan fingerprint density at radius 1 is 1.47 bits per heavy atom. The molecule has 2 N–H and O–H groups in total. The number of carboxylic acid groups (broad SMARTS) is 1. The van der Waals surface area contributed by atoms with Crippen molar-refractivity contribution in [1.29, 1.82) is 0 Å². The second kappa shape index (κ2) is 5.63. The number of hydrogen-bond donors (Lipinski definition) is 3. The highest BCUT2D eigenvalue weighted by molar-refractivity contribution is 7.81. The van der Waals surface area contributed by atoms with Crippen LogP contribution in [0.25, 0.3) is 0 Å². The van der Waals surface area contributed by atoms with Gasteiger partial charge in [0.05, 0.1) is 11.6 Å². The fraction of sp³-hybridized carbons (Fsp3) is 0.385. The minimum absolute atomic E-state index is 0.124. The Labute approximate surface area is 117 Å². The van der Waals surface area contributed by atoms with Crippen LogP contribution < -0.4 is 5.32 Å². The van der Waals surface area contributed by atoms with Crippen molar-refractivity contribution in [2.24, 2.45) is 0 Å². The van der Waals surface area contributed by atoms with E-state index in [1.807, 2.05) is 11.9 Å². The second-order valence-electron chi connectivity index (χ2n) is 4.72. The number of anilines is 1. The lowest BCUT2D eigenvalue weighted by atomic mass is 10.1. The van der Waals surface area contributed by atoms with Crippen molar-refractivity contribution in [3.05, 3.63) is 29.8 Å². The van der Waals surface area contributed by atoms with Crippen molar-refractivity contribution in [3.8, 4) is 0 Å². The van der Waals surface area contributed by atoms with Gasteiger partial charge in [-0.05, 0) is 31.7 Å². The molecule has 5 nitrogen and oxygen atoms in total. The predicted octanol–water partition coefficient (Wildman–Crippen LogP) is 1.33. The molecule has 0 saturated carbocycles. The quantitative estimate of drug-likeness (QED) is 0.731. The molecule has 1 aromatic rings. The van der Waals surface area contributed by atoms with Gasteiger partial charge in [0.2, 0.25) is 5.91 Å². The fourth-order valence-corrected chi connectivity index (χ4v) is 2.69. The van der Waals surface area contributed by atoms with Crippen molar-refractivity contribution in [2.75, 3.05) is 18.9 Å². The standard InChI is InChI=1S/C13H16N2O3S/c1-15-7-10(19)6-11(15)12(16)14-9-4-2-3-8(5-9)13(17)18/h2-5,10-11,19H,6-7H2,1H3,(H,14,16)(H,17,18)/t10?,11-/m0/s1. The maximum absolute atomic E-state index is 12.1. The Morgan fingerprint density at radius 3 is 2.79 bits per heavy atom. The number of nitrogens with zero attached hydrogens (tertiary/aromatic N) is 1. The first-order valence-corrected chi connectivity index (χ1v) is 6.51. The van der Waals surface area contributed by atoms with Gasteiger partial charge in [0.1, 0.15) is 0 Å². The van der Waals surface area contributed by atoms with Crippen molar-refractivity contribution >= 4 is 30.2 Å². The Bertz CT molecular complexity index is 506. The SMILES string of the molecule is CN1CC(S)C[C@H]1C(=O)Nc1cccc(C(=O)O)c1. The van der Waals surface area contributed by atoms with E-state index in [9.17, 15) is 9.59 Å². The molecule has 1 unspecified atom stereocenters. The minimum atomic E-state index is -1.01. The zero-order valence-corrected chi connectivity index (χ0v) is 11.4. The molecule has 6 heteroatoms. The van der Waals surface area contributed by atoms with E-state index in [1.54, 1.807) is 12.1 Å². The first-order valence-electron chi connectivity index (χ1n) is 6.00. The summed E-state index contributed by atoms with van der Waals surface area (Å²) in [5.74, 6) is -1.13. The Hall–Kier alpha value is -1.53. The third-order valence-corrected chi connectivity index (χ3v) is 3.58. The molecule has 0 spiro atoms. The molecule has 0 radical (unpaired) electrons. The summed E-state index contributed by atoms with van der Waals surface area (Å²) >= 11 is 4.38. The number of carboxylic acids is 1. The largest absolute Gasteiger partial charge is 0.478 e. The van der Waals surface area contributed by atoms with Crippen LogP contribution in [0.5, 0.6) is 0 Å². The van der Waals surface area contributed by atoms with Gasteiger partial charge in [-0.15, -0.1) is 0 Å². The van der Waals surface area contributed by atoms with E-state index in [1.165, 1.54) is 12.1 Å². The van der Waals surface area contributed by atoms with Crippen LogP contribution in [0.15, 0.2) is 24.3 Å². The summed E-state index contributed by atoms with van der Waals surface area (Å²) in [6.07, 6.45) is 0.698. The summed E-state index contributed by atoms with van der Waals surface area (Å²) in [5, 5.41) is 11.9. The molecule has 1 saturated heterocycles. The summed E-state index contributed by atoms with van der Waals surface area (Å²) in [6, 6.07) is 6.02. The number of rotatable bonds is 3. The smallest absolute Gasteiger partial charge is 0.335 e. The normalized spacial score (nSPS) is 23.3. The topological polar surface area (TPSA) is 69.6 Å². The molecular weight excluding hydrogens is 264 g/mol. The molecule has 1 aliphatic heterocycles. The monoisotopic (exact) mass is 280 g/mol. The Balaban J connectivity index is 2.07. The summed E-state index contributed by atoms with van der Waals surface area (Å²) in [7, 11) is 1.88. The highest BCUT2D eigenvalue weighted by Gasteiger charge is 2.32. The van der Waals surface area contributed by atoms with E-state index in [0.717, 1.165) is 6.54 Å². The van der Waals surface area contributed by atoms with E-state index < -0.39 is 5.97 Å². The lowest BCUT2D eigenvalue weighted by Gasteiger charge is -2.18. The first kappa shape index (κ1) is 13.9. The third-order valence-electron chi connectivity index (χ3n) is 3.21. The minimum Gasteiger partial charge on any atom is -0.478 e. The Kier molecular flexibility index (Phi) is 4.11. The molecule has 19 heavy (non-hydrogen) atoms. The van der Waals surface area contributed by atoms with Crippen molar-refractivity contribution in [1.82, 2.24) is 4.90 Å². The predicted molar refractivity (Wildman–Crippen MR) is 75.8 cm³/mol. The van der Waals surface area contributed by atoms with Gasteiger partial charge in [0, 0.05) is 17.5 Å². The summed E-state index contributed by atoms with van der Waals surface area (Å²) in [5.41, 5.74) is 0.658. The number of benzene rings is 1. The van der Waals surface area contributed by atoms with Crippen LogP contribution in [0.1, 0.15) is 16.8 Å². The molecule has 102 valence electrons. The van der Waals surface area contributed by atoms with Crippen LogP contribution in [-0.4, -0.2) is 46.8 Å². The zero-order valence-electron chi connectivity index (χ0n) is 10.5. The number of carbonyl (C=O) groups excluding carboxylic acids is 1. The molecule has 2 atom stereocenters. The van der Waals surface area contributed by atoms with E-state index in [2.05, 4.69) is 17.9 Å². The van der Waals surface area contributed by atoms with E-state index in [0.29, 0.717) is 12.1 Å². The maximum Gasteiger partial charge on any atom is 0.335 e. The van der Waals surface area contributed by atoms with Crippen LogP contribution in [0, 0.1) is 0 Å². The van der Waals surface area contributed by atoms with Crippen molar-refractivity contribution in [2.45, 2.75) is 17.7 Å². The number of likely N-dealkylation sites (tertiary alicyclic amines) is 1. The molecule has 2 rings (SSSR count). The van der Waals surface area contributed by atoms with Gasteiger partial charge >= 0.3 is 5.97 Å².